The summed E-state index contributed by atoms with van der Waals surface area (Å²) in [6.45, 7) is 0. The van der Waals surface area contributed by atoms with Gasteiger partial charge in [0.25, 0.3) is 0 Å². The van der Waals surface area contributed by atoms with Crippen LogP contribution in [0.25, 0.3) is 0 Å². The average molecular weight is 225 g/mol. The van der Waals surface area contributed by atoms with Crippen molar-refractivity contribution in [3.05, 3.63) is 16.3 Å². The molecule has 88 valence electrons. The normalized spacial score (nSPS) is 17.3. The first-order chi connectivity index (χ1) is 7.72. The molecule has 6 nitrogen and oxygen atoms in total. The van der Waals surface area contributed by atoms with E-state index in [1.807, 2.05) is 0 Å². The van der Waals surface area contributed by atoms with Gasteiger partial charge in [-0.1, -0.05) is 19.3 Å². The van der Waals surface area contributed by atoms with Crippen LogP contribution in [0.15, 0.2) is 6.20 Å². The summed E-state index contributed by atoms with van der Waals surface area (Å²) in [5.41, 5.74) is -0.0481. The number of hydrogen-bond donors (Lipinski definition) is 0. The fourth-order valence-corrected chi connectivity index (χ4v) is 2.17. The van der Waals surface area contributed by atoms with E-state index in [0.717, 1.165) is 12.8 Å². The number of rotatable bonds is 3. The highest BCUT2D eigenvalue weighted by Gasteiger charge is 2.24. The molecule has 1 saturated carbocycles. The highest BCUT2D eigenvalue weighted by Crippen LogP contribution is 2.32. The number of nitrogens with zero attached hydrogens (tertiary/aromatic N) is 3. The first-order valence-corrected chi connectivity index (χ1v) is 5.50. The molecule has 1 aliphatic carbocycles. The lowest BCUT2D eigenvalue weighted by Gasteiger charge is -2.21. The summed E-state index contributed by atoms with van der Waals surface area (Å²) >= 11 is 0. The maximum atomic E-state index is 10.7. The largest absolute Gasteiger partial charge is 0.475 e. The molecule has 0 amide bonds. The van der Waals surface area contributed by atoms with Crippen molar-refractivity contribution in [2.24, 2.45) is 0 Å². The molecular weight excluding hydrogens is 210 g/mol. The molecule has 0 saturated heterocycles. The number of hydrogen-bond acceptors (Lipinski definition) is 4. The SMILES string of the molecule is COc1nn(C2CCCCC2)cc1[N+](=O)[O-]. The van der Waals surface area contributed by atoms with Crippen molar-refractivity contribution in [1.29, 1.82) is 0 Å². The minimum Gasteiger partial charge on any atom is -0.475 e. The van der Waals surface area contributed by atoms with Gasteiger partial charge >= 0.3 is 11.6 Å². The molecule has 1 heterocycles. The van der Waals surface area contributed by atoms with Gasteiger partial charge in [-0.15, -0.1) is 5.10 Å². The van der Waals surface area contributed by atoms with Crippen LogP contribution in [-0.2, 0) is 0 Å². The van der Waals surface area contributed by atoms with E-state index in [2.05, 4.69) is 5.10 Å². The standard InChI is InChI=1S/C10H15N3O3/c1-16-10-9(13(14)15)7-12(11-10)8-5-3-2-4-6-8/h7-8H,2-6H2,1H3. The highest BCUT2D eigenvalue weighted by atomic mass is 16.6. The average Bonchev–Trinajstić information content (AvgIpc) is 2.74. The molecule has 0 atom stereocenters. The van der Waals surface area contributed by atoms with Crippen LogP contribution in [0.5, 0.6) is 5.88 Å². The van der Waals surface area contributed by atoms with Crippen molar-refractivity contribution in [2.45, 2.75) is 38.1 Å². The van der Waals surface area contributed by atoms with Gasteiger partial charge in [-0.05, 0) is 12.8 Å². The third-order valence-electron chi connectivity index (χ3n) is 3.02. The van der Waals surface area contributed by atoms with Crippen LogP contribution in [0.4, 0.5) is 5.69 Å². The summed E-state index contributed by atoms with van der Waals surface area (Å²) in [6.07, 6.45) is 7.15. The van der Waals surface area contributed by atoms with Crippen LogP contribution < -0.4 is 4.74 Å². The summed E-state index contributed by atoms with van der Waals surface area (Å²) in [4.78, 5) is 10.3. The monoisotopic (exact) mass is 225 g/mol. The lowest BCUT2D eigenvalue weighted by molar-refractivity contribution is -0.385. The van der Waals surface area contributed by atoms with Crippen LogP contribution in [0.3, 0.4) is 0 Å². The maximum absolute atomic E-state index is 10.7. The fourth-order valence-electron chi connectivity index (χ4n) is 2.17. The number of aromatic nitrogens is 2. The number of ether oxygens (including phenoxy) is 1. The molecule has 16 heavy (non-hydrogen) atoms. The van der Waals surface area contributed by atoms with Gasteiger partial charge < -0.3 is 4.74 Å². The molecule has 0 aromatic carbocycles. The third-order valence-corrected chi connectivity index (χ3v) is 3.02. The van der Waals surface area contributed by atoms with Gasteiger partial charge in [0.05, 0.1) is 18.1 Å². The Morgan fingerprint density at radius 3 is 2.69 bits per heavy atom. The molecule has 6 heteroatoms. The van der Waals surface area contributed by atoms with E-state index in [9.17, 15) is 10.1 Å². The Hall–Kier alpha value is -1.59. The number of nitro groups is 1. The molecule has 0 aliphatic heterocycles. The van der Waals surface area contributed by atoms with Gasteiger partial charge in [0.2, 0.25) is 0 Å². The molecule has 1 aromatic heterocycles. The Morgan fingerprint density at radius 2 is 2.19 bits per heavy atom. The Morgan fingerprint density at radius 1 is 1.50 bits per heavy atom. The van der Waals surface area contributed by atoms with Gasteiger partial charge in [0.1, 0.15) is 6.20 Å². The second-order valence-corrected chi connectivity index (χ2v) is 4.05. The molecule has 2 rings (SSSR count). The quantitative estimate of drug-likeness (QED) is 0.584. The first kappa shape index (κ1) is 10.9. The molecule has 0 radical (unpaired) electrons. The first-order valence-electron chi connectivity index (χ1n) is 5.50. The van der Waals surface area contributed by atoms with Gasteiger partial charge in [-0.25, -0.2) is 0 Å². The van der Waals surface area contributed by atoms with Crippen LogP contribution in [0.1, 0.15) is 38.1 Å². The Bertz CT molecular complexity index is 383. The second kappa shape index (κ2) is 4.51. The van der Waals surface area contributed by atoms with E-state index in [4.69, 9.17) is 4.74 Å². The minimum atomic E-state index is -0.453. The van der Waals surface area contributed by atoms with E-state index in [0.29, 0.717) is 0 Å². The molecule has 1 aliphatic rings. The van der Waals surface area contributed by atoms with E-state index in [1.165, 1.54) is 32.6 Å². The van der Waals surface area contributed by atoms with E-state index in [1.54, 1.807) is 4.68 Å². The van der Waals surface area contributed by atoms with Crippen molar-refractivity contribution < 1.29 is 9.66 Å². The topological polar surface area (TPSA) is 70.2 Å². The summed E-state index contributed by atoms with van der Waals surface area (Å²) < 4.78 is 6.60. The van der Waals surface area contributed by atoms with E-state index in [-0.39, 0.29) is 17.6 Å². The molecule has 0 unspecified atom stereocenters. The summed E-state index contributed by atoms with van der Waals surface area (Å²) in [5, 5.41) is 14.9. The molecule has 1 aromatic rings. The van der Waals surface area contributed by atoms with Crippen LogP contribution in [-0.4, -0.2) is 21.8 Å². The van der Waals surface area contributed by atoms with E-state index >= 15 is 0 Å². The summed E-state index contributed by atoms with van der Waals surface area (Å²) in [6, 6.07) is 0.288. The minimum absolute atomic E-state index is 0.0481. The van der Waals surface area contributed by atoms with Gasteiger partial charge in [0.15, 0.2) is 0 Å². The Balaban J connectivity index is 2.24. The Labute approximate surface area is 93.4 Å². The molecule has 1 fully saturated rings. The summed E-state index contributed by atoms with van der Waals surface area (Å²) in [5.74, 6) is 0.107. The van der Waals surface area contributed by atoms with Crippen LogP contribution >= 0.6 is 0 Å². The second-order valence-electron chi connectivity index (χ2n) is 4.05. The van der Waals surface area contributed by atoms with Crippen molar-refractivity contribution in [3.8, 4) is 5.88 Å². The lowest BCUT2D eigenvalue weighted by atomic mass is 9.96. The van der Waals surface area contributed by atoms with Crippen molar-refractivity contribution in [1.82, 2.24) is 9.78 Å². The zero-order valence-electron chi connectivity index (χ0n) is 9.26. The van der Waals surface area contributed by atoms with Crippen LogP contribution in [0, 0.1) is 10.1 Å². The van der Waals surface area contributed by atoms with Gasteiger partial charge in [0, 0.05) is 0 Å². The van der Waals surface area contributed by atoms with Crippen molar-refractivity contribution in [3.63, 3.8) is 0 Å². The molecule has 0 N–H and O–H groups in total. The fraction of sp³-hybridized carbons (Fsp3) is 0.700. The van der Waals surface area contributed by atoms with Crippen molar-refractivity contribution >= 4 is 5.69 Å². The summed E-state index contributed by atoms with van der Waals surface area (Å²) in [7, 11) is 1.40. The van der Waals surface area contributed by atoms with E-state index < -0.39 is 4.92 Å². The zero-order chi connectivity index (χ0) is 11.5. The molecule has 0 bridgehead atoms. The highest BCUT2D eigenvalue weighted by molar-refractivity contribution is 5.38. The van der Waals surface area contributed by atoms with Crippen molar-refractivity contribution in [2.75, 3.05) is 7.11 Å². The Kier molecular flexibility index (Phi) is 3.07. The smallest absolute Gasteiger partial charge is 0.350 e. The van der Waals surface area contributed by atoms with Crippen LogP contribution in [0.2, 0.25) is 0 Å². The predicted molar refractivity (Wildman–Crippen MR) is 57.6 cm³/mol. The van der Waals surface area contributed by atoms with Gasteiger partial charge in [-0.3, -0.25) is 14.8 Å². The van der Waals surface area contributed by atoms with Gasteiger partial charge in [-0.2, -0.15) is 0 Å². The lowest BCUT2D eigenvalue weighted by Crippen LogP contribution is -2.13. The third kappa shape index (κ3) is 2.00. The number of methoxy groups -OCH3 is 1. The predicted octanol–water partition coefficient (Wildman–Crippen LogP) is 2.31. The molecule has 0 spiro atoms. The maximum Gasteiger partial charge on any atom is 0.350 e. The zero-order valence-corrected chi connectivity index (χ0v) is 9.26. The molecular formula is C10H15N3O3.